The molecule has 25 heavy (non-hydrogen) atoms. The fourth-order valence-corrected chi connectivity index (χ4v) is 4.74. The number of aromatic nitrogens is 2. The number of nitrogens with one attached hydrogen (secondary N) is 1. The molecule has 1 unspecified atom stereocenters. The summed E-state index contributed by atoms with van der Waals surface area (Å²) in [6.45, 7) is 2.69. The van der Waals surface area contributed by atoms with E-state index < -0.39 is 16.1 Å². The molecule has 1 amide bonds. The molecule has 1 aromatic carbocycles. The molecule has 1 saturated heterocycles. The highest BCUT2D eigenvalue weighted by Gasteiger charge is 2.29. The van der Waals surface area contributed by atoms with Crippen molar-refractivity contribution in [1.82, 2.24) is 14.1 Å². The third-order valence-corrected chi connectivity index (χ3v) is 6.56. The van der Waals surface area contributed by atoms with E-state index in [9.17, 15) is 13.2 Å². The number of anilines is 1. The van der Waals surface area contributed by atoms with Crippen molar-refractivity contribution in [2.24, 2.45) is 0 Å². The molecule has 1 atom stereocenters. The summed E-state index contributed by atoms with van der Waals surface area (Å²) in [7, 11) is -3.66. The van der Waals surface area contributed by atoms with E-state index in [-0.39, 0.29) is 15.8 Å². The molecule has 1 N–H and O–H groups in total. The first-order chi connectivity index (χ1) is 11.9. The Morgan fingerprint density at radius 3 is 2.68 bits per heavy atom. The van der Waals surface area contributed by atoms with E-state index in [0.717, 1.165) is 12.8 Å². The number of nitrogens with zero attached hydrogens (tertiary/aromatic N) is 3. The highest BCUT2D eigenvalue weighted by Crippen LogP contribution is 2.29. The summed E-state index contributed by atoms with van der Waals surface area (Å²) in [5.41, 5.74) is 0.381. The lowest BCUT2D eigenvalue weighted by Crippen LogP contribution is -2.28. The predicted octanol–water partition coefficient (Wildman–Crippen LogP) is 2.52. The second-order valence-electron chi connectivity index (χ2n) is 5.91. The van der Waals surface area contributed by atoms with Gasteiger partial charge in [0.2, 0.25) is 15.9 Å². The van der Waals surface area contributed by atoms with Crippen LogP contribution in [0.15, 0.2) is 41.6 Å². The molecule has 3 rings (SSSR count). The first-order valence-electron chi connectivity index (χ1n) is 7.99. The lowest BCUT2D eigenvalue weighted by molar-refractivity contribution is -0.119. The molecule has 0 aliphatic carbocycles. The van der Waals surface area contributed by atoms with Gasteiger partial charge in [-0.25, -0.2) is 8.42 Å². The van der Waals surface area contributed by atoms with Crippen LogP contribution in [0.4, 0.5) is 5.69 Å². The minimum absolute atomic E-state index is 0.0145. The lowest BCUT2D eigenvalue weighted by atomic mass is 10.2. The molecule has 2 aromatic rings. The van der Waals surface area contributed by atoms with Gasteiger partial charge in [-0.3, -0.25) is 9.48 Å². The van der Waals surface area contributed by atoms with Gasteiger partial charge in [-0.2, -0.15) is 9.40 Å². The molecule has 7 nitrogen and oxygen atoms in total. The molecule has 0 radical (unpaired) electrons. The minimum atomic E-state index is -3.66. The number of rotatable bonds is 5. The standard InChI is InChI=1S/C16H19ClN4O3S/c1-12(21-10-4-7-18-21)16(22)19-13-5-6-14(17)15(11-13)25(23,24)20-8-2-3-9-20/h4-7,10-12H,2-3,8-9H2,1H3,(H,19,22). The average Bonchev–Trinajstić information content (AvgIpc) is 3.29. The van der Waals surface area contributed by atoms with E-state index in [1.807, 2.05) is 0 Å². The number of carbonyl (C=O) groups excluding carboxylic acids is 1. The normalized spacial score (nSPS) is 16.7. The maximum absolute atomic E-state index is 12.7. The van der Waals surface area contributed by atoms with Gasteiger partial charge in [-0.05, 0) is 44.0 Å². The molecule has 1 aromatic heterocycles. The van der Waals surface area contributed by atoms with Crippen LogP contribution in [0.5, 0.6) is 0 Å². The fourth-order valence-electron chi connectivity index (χ4n) is 2.72. The first kappa shape index (κ1) is 17.9. The first-order valence-corrected chi connectivity index (χ1v) is 9.81. The molecule has 2 heterocycles. The average molecular weight is 383 g/mol. The van der Waals surface area contributed by atoms with Gasteiger partial charge in [0.05, 0.1) is 5.02 Å². The highest BCUT2D eigenvalue weighted by molar-refractivity contribution is 7.89. The number of sulfonamides is 1. The summed E-state index contributed by atoms with van der Waals surface area (Å²) >= 11 is 6.11. The van der Waals surface area contributed by atoms with Crippen LogP contribution in [0.1, 0.15) is 25.8 Å². The molecule has 0 saturated carbocycles. The molecule has 1 fully saturated rings. The topological polar surface area (TPSA) is 84.3 Å². The van der Waals surface area contributed by atoms with Gasteiger partial charge in [0.15, 0.2) is 0 Å². The van der Waals surface area contributed by atoms with Crippen LogP contribution in [-0.4, -0.2) is 41.5 Å². The van der Waals surface area contributed by atoms with Gasteiger partial charge >= 0.3 is 0 Å². The zero-order chi connectivity index (χ0) is 18.0. The van der Waals surface area contributed by atoms with Crippen LogP contribution in [0.3, 0.4) is 0 Å². The summed E-state index contributed by atoms with van der Waals surface area (Å²) < 4.78 is 28.4. The van der Waals surface area contributed by atoms with Crippen LogP contribution in [0.2, 0.25) is 5.02 Å². The summed E-state index contributed by atoms with van der Waals surface area (Å²) in [5.74, 6) is -0.296. The molecule has 0 bridgehead atoms. The van der Waals surface area contributed by atoms with Crippen molar-refractivity contribution < 1.29 is 13.2 Å². The summed E-state index contributed by atoms with van der Waals surface area (Å²) in [4.78, 5) is 12.4. The third kappa shape index (κ3) is 3.70. The van der Waals surface area contributed by atoms with Crippen LogP contribution < -0.4 is 5.32 Å². The Morgan fingerprint density at radius 1 is 1.32 bits per heavy atom. The zero-order valence-corrected chi connectivity index (χ0v) is 15.3. The maximum Gasteiger partial charge on any atom is 0.248 e. The number of halogens is 1. The van der Waals surface area contributed by atoms with Gasteiger partial charge in [0.1, 0.15) is 10.9 Å². The maximum atomic E-state index is 12.7. The molecular formula is C16H19ClN4O3S. The lowest BCUT2D eigenvalue weighted by Gasteiger charge is -2.18. The minimum Gasteiger partial charge on any atom is -0.324 e. The molecule has 1 aliphatic rings. The molecule has 1 aliphatic heterocycles. The summed E-state index contributed by atoms with van der Waals surface area (Å²) in [6, 6.07) is 5.68. The van der Waals surface area contributed by atoms with Crippen LogP contribution in [0.25, 0.3) is 0 Å². The van der Waals surface area contributed by atoms with E-state index >= 15 is 0 Å². The van der Waals surface area contributed by atoms with Gasteiger partial charge in [0, 0.05) is 31.2 Å². The van der Waals surface area contributed by atoms with Crippen LogP contribution >= 0.6 is 11.6 Å². The Labute approximate surface area is 151 Å². The van der Waals surface area contributed by atoms with Crippen molar-refractivity contribution in [3.63, 3.8) is 0 Å². The van der Waals surface area contributed by atoms with E-state index in [0.29, 0.717) is 18.8 Å². The van der Waals surface area contributed by atoms with E-state index in [1.54, 1.807) is 31.5 Å². The Balaban J connectivity index is 1.83. The third-order valence-electron chi connectivity index (χ3n) is 4.18. The Bertz CT molecular complexity index is 862. The van der Waals surface area contributed by atoms with Crippen molar-refractivity contribution in [3.05, 3.63) is 41.7 Å². The molecule has 9 heteroatoms. The second-order valence-corrected chi connectivity index (χ2v) is 8.22. The number of carbonyl (C=O) groups is 1. The monoisotopic (exact) mass is 382 g/mol. The van der Waals surface area contributed by atoms with E-state index in [1.165, 1.54) is 21.1 Å². The fraction of sp³-hybridized carbons (Fsp3) is 0.375. The molecular weight excluding hydrogens is 364 g/mol. The smallest absolute Gasteiger partial charge is 0.248 e. The SMILES string of the molecule is CC(C(=O)Nc1ccc(Cl)c(S(=O)(=O)N2CCCC2)c1)n1cccn1. The molecule has 134 valence electrons. The van der Waals surface area contributed by atoms with Crippen LogP contribution in [0, 0.1) is 0 Å². The van der Waals surface area contributed by atoms with Gasteiger partial charge in [0.25, 0.3) is 0 Å². The summed E-state index contributed by atoms with van der Waals surface area (Å²) in [5, 5.41) is 6.90. The van der Waals surface area contributed by atoms with Crippen molar-refractivity contribution >= 4 is 33.2 Å². The van der Waals surface area contributed by atoms with Gasteiger partial charge < -0.3 is 5.32 Å². The van der Waals surface area contributed by atoms with Crippen LogP contribution in [-0.2, 0) is 14.8 Å². The van der Waals surface area contributed by atoms with E-state index in [4.69, 9.17) is 11.6 Å². The Hall–Kier alpha value is -1.90. The predicted molar refractivity (Wildman–Crippen MR) is 95.0 cm³/mol. The summed E-state index contributed by atoms with van der Waals surface area (Å²) in [6.07, 6.45) is 4.96. The number of benzene rings is 1. The van der Waals surface area contributed by atoms with Crippen molar-refractivity contribution in [1.29, 1.82) is 0 Å². The largest absolute Gasteiger partial charge is 0.324 e. The Morgan fingerprint density at radius 2 is 2.04 bits per heavy atom. The number of amides is 1. The van der Waals surface area contributed by atoms with Crippen molar-refractivity contribution in [3.8, 4) is 0 Å². The van der Waals surface area contributed by atoms with Gasteiger partial charge in [-0.1, -0.05) is 11.6 Å². The van der Waals surface area contributed by atoms with Crippen molar-refractivity contribution in [2.75, 3.05) is 18.4 Å². The van der Waals surface area contributed by atoms with Crippen molar-refractivity contribution in [2.45, 2.75) is 30.7 Å². The number of hydrogen-bond acceptors (Lipinski definition) is 4. The second kappa shape index (κ2) is 7.15. The zero-order valence-electron chi connectivity index (χ0n) is 13.7. The molecule has 0 spiro atoms. The quantitative estimate of drug-likeness (QED) is 0.861. The Kier molecular flexibility index (Phi) is 5.12. The number of hydrogen-bond donors (Lipinski definition) is 1. The van der Waals surface area contributed by atoms with Gasteiger partial charge in [-0.15, -0.1) is 0 Å². The van der Waals surface area contributed by atoms with E-state index in [2.05, 4.69) is 10.4 Å². The highest BCUT2D eigenvalue weighted by atomic mass is 35.5.